The van der Waals surface area contributed by atoms with E-state index in [2.05, 4.69) is 5.16 Å². The van der Waals surface area contributed by atoms with Crippen molar-refractivity contribution in [2.45, 2.75) is 26.7 Å². The molecule has 2 aromatic rings. The number of hydrogen-bond acceptors (Lipinski definition) is 7. The fourth-order valence-corrected chi connectivity index (χ4v) is 2.84. The first-order valence-electron chi connectivity index (χ1n) is 8.56. The first-order chi connectivity index (χ1) is 13.0. The standard InChI is InChI=1S/C20H25NO6/c1-7-8-17(22)27-21-12(2)13-11-16(25-5)18-14(23-3)9-10-15(24-4)19(18)20(13)26-6/h9-11H,7-8H2,1-6H3. The molecule has 0 spiro atoms. The van der Waals surface area contributed by atoms with Crippen molar-refractivity contribution in [3.63, 3.8) is 0 Å². The number of carbonyl (C=O) groups is 1. The lowest BCUT2D eigenvalue weighted by Gasteiger charge is -2.18. The van der Waals surface area contributed by atoms with Gasteiger partial charge in [-0.1, -0.05) is 12.1 Å². The van der Waals surface area contributed by atoms with E-state index in [0.29, 0.717) is 52.5 Å². The molecule has 0 unspecified atom stereocenters. The van der Waals surface area contributed by atoms with Gasteiger partial charge in [0.2, 0.25) is 0 Å². The van der Waals surface area contributed by atoms with Gasteiger partial charge in [0.15, 0.2) is 0 Å². The van der Waals surface area contributed by atoms with Crippen LogP contribution in [0.25, 0.3) is 10.8 Å². The van der Waals surface area contributed by atoms with Crippen LogP contribution in [0.2, 0.25) is 0 Å². The number of carbonyl (C=O) groups excluding carboxylic acids is 1. The maximum Gasteiger partial charge on any atom is 0.335 e. The molecule has 7 heteroatoms. The molecule has 0 aliphatic carbocycles. The Labute approximate surface area is 158 Å². The molecule has 0 saturated heterocycles. The minimum Gasteiger partial charge on any atom is -0.496 e. The monoisotopic (exact) mass is 375 g/mol. The smallest absolute Gasteiger partial charge is 0.335 e. The number of oxime groups is 1. The summed E-state index contributed by atoms with van der Waals surface area (Å²) >= 11 is 0. The largest absolute Gasteiger partial charge is 0.496 e. The van der Waals surface area contributed by atoms with Gasteiger partial charge in [0, 0.05) is 12.0 Å². The number of nitrogens with zero attached hydrogens (tertiary/aromatic N) is 1. The summed E-state index contributed by atoms with van der Waals surface area (Å²) in [5.74, 6) is 1.91. The summed E-state index contributed by atoms with van der Waals surface area (Å²) in [7, 11) is 6.28. The molecule has 0 aromatic heterocycles. The van der Waals surface area contributed by atoms with Gasteiger partial charge in [0.1, 0.15) is 23.0 Å². The van der Waals surface area contributed by atoms with Gasteiger partial charge >= 0.3 is 5.97 Å². The van der Waals surface area contributed by atoms with Gasteiger partial charge in [-0.15, -0.1) is 0 Å². The third-order valence-electron chi connectivity index (χ3n) is 4.11. The summed E-state index contributed by atoms with van der Waals surface area (Å²) in [6.07, 6.45) is 0.998. The molecule has 0 saturated carbocycles. The predicted octanol–water partition coefficient (Wildman–Crippen LogP) is 3.94. The van der Waals surface area contributed by atoms with E-state index < -0.39 is 0 Å². The van der Waals surface area contributed by atoms with Crippen LogP contribution >= 0.6 is 0 Å². The van der Waals surface area contributed by atoms with Crippen LogP contribution in [0, 0.1) is 0 Å². The van der Waals surface area contributed by atoms with E-state index in [-0.39, 0.29) is 5.97 Å². The van der Waals surface area contributed by atoms with Crippen LogP contribution in [-0.2, 0) is 9.63 Å². The Morgan fingerprint density at radius 1 is 0.926 bits per heavy atom. The van der Waals surface area contributed by atoms with Crippen molar-refractivity contribution in [2.75, 3.05) is 28.4 Å². The lowest BCUT2D eigenvalue weighted by atomic mass is 9.99. The highest BCUT2D eigenvalue weighted by Crippen LogP contribution is 2.46. The van der Waals surface area contributed by atoms with Crippen LogP contribution in [-0.4, -0.2) is 40.1 Å². The van der Waals surface area contributed by atoms with E-state index in [9.17, 15) is 4.79 Å². The van der Waals surface area contributed by atoms with Gasteiger partial charge in [-0.2, -0.15) is 0 Å². The molecule has 2 aromatic carbocycles. The van der Waals surface area contributed by atoms with E-state index in [0.717, 1.165) is 5.39 Å². The van der Waals surface area contributed by atoms with Gasteiger partial charge in [0.25, 0.3) is 0 Å². The summed E-state index contributed by atoms with van der Waals surface area (Å²) in [4.78, 5) is 16.6. The van der Waals surface area contributed by atoms with Crippen molar-refractivity contribution in [2.24, 2.45) is 5.16 Å². The lowest BCUT2D eigenvalue weighted by Crippen LogP contribution is -2.06. The average molecular weight is 375 g/mol. The Balaban J connectivity index is 2.74. The van der Waals surface area contributed by atoms with Crippen molar-refractivity contribution < 1.29 is 28.6 Å². The summed E-state index contributed by atoms with van der Waals surface area (Å²) in [5.41, 5.74) is 1.10. The minimum absolute atomic E-state index is 0.306. The predicted molar refractivity (Wildman–Crippen MR) is 103 cm³/mol. The van der Waals surface area contributed by atoms with Crippen LogP contribution in [0.3, 0.4) is 0 Å². The molecular weight excluding hydrogens is 350 g/mol. The van der Waals surface area contributed by atoms with Gasteiger partial charge in [-0.25, -0.2) is 4.79 Å². The van der Waals surface area contributed by atoms with Gasteiger partial charge in [-0.05, 0) is 31.5 Å². The molecule has 27 heavy (non-hydrogen) atoms. The molecule has 0 aliphatic heterocycles. The van der Waals surface area contributed by atoms with E-state index in [4.69, 9.17) is 23.8 Å². The minimum atomic E-state index is -0.386. The Morgan fingerprint density at radius 3 is 2.04 bits per heavy atom. The van der Waals surface area contributed by atoms with E-state index in [1.807, 2.05) is 6.92 Å². The third kappa shape index (κ3) is 4.07. The highest BCUT2D eigenvalue weighted by Gasteiger charge is 2.22. The van der Waals surface area contributed by atoms with E-state index >= 15 is 0 Å². The fraction of sp³-hybridized carbons (Fsp3) is 0.400. The van der Waals surface area contributed by atoms with Gasteiger partial charge < -0.3 is 23.8 Å². The average Bonchev–Trinajstić information content (AvgIpc) is 2.69. The Bertz CT molecular complexity index is 859. The van der Waals surface area contributed by atoms with Crippen LogP contribution in [0.4, 0.5) is 0 Å². The molecule has 146 valence electrons. The zero-order chi connectivity index (χ0) is 20.0. The first kappa shape index (κ1) is 20.4. The lowest BCUT2D eigenvalue weighted by molar-refractivity contribution is -0.143. The molecule has 0 N–H and O–H groups in total. The van der Waals surface area contributed by atoms with Gasteiger partial charge in [0.05, 0.1) is 44.9 Å². The Morgan fingerprint density at radius 2 is 1.52 bits per heavy atom. The molecule has 0 fully saturated rings. The van der Waals surface area contributed by atoms with E-state index in [1.165, 1.54) is 0 Å². The SMILES string of the molecule is CCCC(=O)ON=C(C)c1cc(OC)c2c(OC)ccc(OC)c2c1OC. The van der Waals surface area contributed by atoms with E-state index in [1.54, 1.807) is 53.6 Å². The second kappa shape index (κ2) is 9.12. The number of hydrogen-bond donors (Lipinski definition) is 0. The third-order valence-corrected chi connectivity index (χ3v) is 4.11. The summed E-state index contributed by atoms with van der Waals surface area (Å²) in [5, 5.41) is 5.36. The molecule has 0 atom stereocenters. The molecule has 7 nitrogen and oxygen atoms in total. The number of rotatable bonds is 8. The van der Waals surface area contributed by atoms with Crippen molar-refractivity contribution in [1.29, 1.82) is 0 Å². The number of fused-ring (bicyclic) bond motifs is 1. The zero-order valence-electron chi connectivity index (χ0n) is 16.5. The quantitative estimate of drug-likeness (QED) is 0.395. The summed E-state index contributed by atoms with van der Waals surface area (Å²) < 4.78 is 22.2. The first-order valence-corrected chi connectivity index (χ1v) is 8.56. The van der Waals surface area contributed by atoms with Crippen molar-refractivity contribution in [3.8, 4) is 23.0 Å². The molecular formula is C20H25NO6. The second-order valence-corrected chi connectivity index (χ2v) is 5.77. The maximum atomic E-state index is 11.6. The second-order valence-electron chi connectivity index (χ2n) is 5.77. The fourth-order valence-electron chi connectivity index (χ4n) is 2.84. The molecule has 0 bridgehead atoms. The van der Waals surface area contributed by atoms with Crippen molar-refractivity contribution in [1.82, 2.24) is 0 Å². The number of methoxy groups -OCH3 is 4. The Kier molecular flexibility index (Phi) is 6.87. The van der Waals surface area contributed by atoms with Crippen molar-refractivity contribution in [3.05, 3.63) is 23.8 Å². The topological polar surface area (TPSA) is 75.6 Å². The highest BCUT2D eigenvalue weighted by molar-refractivity contribution is 6.11. The molecule has 0 radical (unpaired) electrons. The molecule has 0 heterocycles. The summed E-state index contributed by atoms with van der Waals surface area (Å²) in [6, 6.07) is 5.37. The number of benzene rings is 2. The summed E-state index contributed by atoms with van der Waals surface area (Å²) in [6.45, 7) is 3.63. The Hall–Kier alpha value is -2.96. The highest BCUT2D eigenvalue weighted by atomic mass is 16.7. The van der Waals surface area contributed by atoms with Crippen molar-refractivity contribution >= 4 is 22.5 Å². The van der Waals surface area contributed by atoms with Crippen LogP contribution in [0.1, 0.15) is 32.3 Å². The number of ether oxygens (including phenoxy) is 4. The maximum absolute atomic E-state index is 11.6. The molecule has 0 amide bonds. The zero-order valence-corrected chi connectivity index (χ0v) is 16.5. The van der Waals surface area contributed by atoms with Crippen LogP contribution < -0.4 is 18.9 Å². The normalized spacial score (nSPS) is 11.3. The van der Waals surface area contributed by atoms with Crippen LogP contribution in [0.15, 0.2) is 23.4 Å². The molecule has 2 rings (SSSR count). The van der Waals surface area contributed by atoms with Gasteiger partial charge in [-0.3, -0.25) is 0 Å². The molecule has 0 aliphatic rings. The van der Waals surface area contributed by atoms with Crippen LogP contribution in [0.5, 0.6) is 23.0 Å².